The molecule has 5 heteroatoms. The lowest BCUT2D eigenvalue weighted by atomic mass is 9.98. The van der Waals surface area contributed by atoms with Crippen LogP contribution in [0.4, 0.5) is 0 Å². The highest BCUT2D eigenvalue weighted by Crippen LogP contribution is 2.42. The number of benzene rings is 1. The normalized spacial score (nSPS) is 11.6. The van der Waals surface area contributed by atoms with E-state index in [-0.39, 0.29) is 0 Å². The van der Waals surface area contributed by atoms with E-state index in [0.717, 1.165) is 41.7 Å². The molecule has 27 heavy (non-hydrogen) atoms. The van der Waals surface area contributed by atoms with Crippen molar-refractivity contribution in [3.05, 3.63) is 40.5 Å². The van der Waals surface area contributed by atoms with Gasteiger partial charge in [-0.15, -0.1) is 23.1 Å². The van der Waals surface area contributed by atoms with Crippen LogP contribution in [0.2, 0.25) is 0 Å². The Balaban J connectivity index is 2.03. The van der Waals surface area contributed by atoms with Gasteiger partial charge in [-0.25, -0.2) is 9.97 Å². The zero-order chi connectivity index (χ0) is 19.4. The van der Waals surface area contributed by atoms with Crippen molar-refractivity contribution in [3.63, 3.8) is 0 Å². The summed E-state index contributed by atoms with van der Waals surface area (Å²) in [5, 5.41) is 2.36. The van der Waals surface area contributed by atoms with Crippen LogP contribution in [0.1, 0.15) is 36.8 Å². The van der Waals surface area contributed by atoms with E-state index < -0.39 is 0 Å². The van der Waals surface area contributed by atoms with Crippen LogP contribution in [0.5, 0.6) is 0 Å². The maximum Gasteiger partial charge on any atom is 0.128 e. The molecule has 0 unspecified atom stereocenters. The largest absolute Gasteiger partial charge is 0.303 e. The van der Waals surface area contributed by atoms with Crippen molar-refractivity contribution in [3.8, 4) is 11.1 Å². The molecule has 0 bridgehead atoms. The summed E-state index contributed by atoms with van der Waals surface area (Å²) in [5.74, 6) is 1.05. The van der Waals surface area contributed by atoms with Crippen LogP contribution in [-0.2, 0) is 6.42 Å². The number of aromatic nitrogens is 2. The van der Waals surface area contributed by atoms with Gasteiger partial charge in [-0.3, -0.25) is 0 Å². The summed E-state index contributed by atoms with van der Waals surface area (Å²) >= 11 is 3.68. The lowest BCUT2D eigenvalue weighted by Crippen LogP contribution is -2.25. The summed E-state index contributed by atoms with van der Waals surface area (Å²) in [6, 6.07) is 6.79. The standard InChI is InChI=1S/C22H29N3S2/c1-6-18-19(17-10-9-15(4)16(5)13-17)20-21(23-14-24-22(20)27-18)26-12-11-25(7-2)8-3/h9-10,13-14H,6-8,11-12H2,1-5H3. The smallest absolute Gasteiger partial charge is 0.128 e. The lowest BCUT2D eigenvalue weighted by Gasteiger charge is -2.17. The van der Waals surface area contributed by atoms with Crippen molar-refractivity contribution in [1.82, 2.24) is 14.9 Å². The van der Waals surface area contributed by atoms with Gasteiger partial charge in [0.15, 0.2) is 0 Å². The molecule has 0 saturated carbocycles. The lowest BCUT2D eigenvalue weighted by molar-refractivity contribution is 0.324. The van der Waals surface area contributed by atoms with E-state index in [1.807, 2.05) is 23.1 Å². The highest BCUT2D eigenvalue weighted by molar-refractivity contribution is 7.99. The number of thioether (sulfide) groups is 1. The predicted molar refractivity (Wildman–Crippen MR) is 120 cm³/mol. The Labute approximate surface area is 171 Å². The average Bonchev–Trinajstić information content (AvgIpc) is 3.07. The van der Waals surface area contributed by atoms with Gasteiger partial charge in [0.25, 0.3) is 0 Å². The van der Waals surface area contributed by atoms with Crippen molar-refractivity contribution in [2.75, 3.05) is 25.4 Å². The van der Waals surface area contributed by atoms with E-state index in [4.69, 9.17) is 0 Å². The van der Waals surface area contributed by atoms with Gasteiger partial charge in [0.05, 0.1) is 5.39 Å². The monoisotopic (exact) mass is 399 g/mol. The minimum absolute atomic E-state index is 1.02. The Bertz CT molecular complexity index is 913. The van der Waals surface area contributed by atoms with Gasteiger partial charge >= 0.3 is 0 Å². The van der Waals surface area contributed by atoms with E-state index in [0.29, 0.717) is 0 Å². The fourth-order valence-electron chi connectivity index (χ4n) is 3.32. The van der Waals surface area contributed by atoms with Crippen molar-refractivity contribution in [1.29, 1.82) is 0 Å². The molecule has 0 amide bonds. The summed E-state index contributed by atoms with van der Waals surface area (Å²) in [7, 11) is 0. The van der Waals surface area contributed by atoms with Crippen molar-refractivity contribution < 1.29 is 0 Å². The van der Waals surface area contributed by atoms with Gasteiger partial charge in [0.2, 0.25) is 0 Å². The van der Waals surface area contributed by atoms with Crippen LogP contribution in [0.25, 0.3) is 21.3 Å². The highest BCUT2D eigenvalue weighted by atomic mass is 32.2. The molecule has 2 heterocycles. The Morgan fingerprint density at radius 3 is 2.48 bits per heavy atom. The second-order valence-corrected chi connectivity index (χ2v) is 8.95. The van der Waals surface area contributed by atoms with Crippen molar-refractivity contribution in [2.45, 2.75) is 46.1 Å². The van der Waals surface area contributed by atoms with Gasteiger partial charge in [-0.2, -0.15) is 0 Å². The number of hydrogen-bond donors (Lipinski definition) is 0. The molecule has 0 aliphatic rings. The average molecular weight is 400 g/mol. The molecule has 0 saturated heterocycles. The summed E-state index contributed by atoms with van der Waals surface area (Å²) < 4.78 is 0. The first-order valence-corrected chi connectivity index (χ1v) is 11.6. The van der Waals surface area contributed by atoms with Crippen LogP contribution in [0.15, 0.2) is 29.6 Å². The van der Waals surface area contributed by atoms with Crippen LogP contribution >= 0.6 is 23.1 Å². The fraction of sp³-hybridized carbons (Fsp3) is 0.455. The molecule has 0 fully saturated rings. The van der Waals surface area contributed by atoms with Crippen LogP contribution in [0.3, 0.4) is 0 Å². The van der Waals surface area contributed by atoms with Gasteiger partial charge in [-0.05, 0) is 50.0 Å². The van der Waals surface area contributed by atoms with E-state index in [1.165, 1.54) is 32.5 Å². The number of nitrogens with zero attached hydrogens (tertiary/aromatic N) is 3. The second kappa shape index (κ2) is 9.18. The SMILES string of the molecule is CCc1sc2ncnc(SCCN(CC)CC)c2c1-c1ccc(C)c(C)c1. The number of thiophene rings is 1. The third-order valence-corrected chi connectivity index (χ3v) is 7.40. The molecule has 0 aliphatic heterocycles. The third kappa shape index (κ3) is 4.36. The fourth-order valence-corrected chi connectivity index (χ4v) is 5.50. The second-order valence-electron chi connectivity index (χ2n) is 6.79. The number of aryl methyl sites for hydroxylation is 3. The predicted octanol–water partition coefficient (Wildman–Crippen LogP) is 5.97. The molecular formula is C22H29N3S2. The van der Waals surface area contributed by atoms with E-state index in [9.17, 15) is 0 Å². The van der Waals surface area contributed by atoms with E-state index >= 15 is 0 Å². The van der Waals surface area contributed by atoms with Crippen LogP contribution in [0, 0.1) is 13.8 Å². The first kappa shape index (κ1) is 20.3. The number of hydrogen-bond acceptors (Lipinski definition) is 5. The Morgan fingerprint density at radius 2 is 1.81 bits per heavy atom. The molecule has 0 atom stereocenters. The molecule has 0 N–H and O–H groups in total. The molecule has 3 rings (SSSR count). The maximum atomic E-state index is 4.67. The molecule has 0 spiro atoms. The Hall–Kier alpha value is -1.43. The number of fused-ring (bicyclic) bond motifs is 1. The van der Waals surface area contributed by atoms with E-state index in [2.05, 4.69) is 67.7 Å². The molecular weight excluding hydrogens is 370 g/mol. The zero-order valence-corrected chi connectivity index (χ0v) is 18.6. The Kier molecular flexibility index (Phi) is 6.90. The zero-order valence-electron chi connectivity index (χ0n) is 17.0. The molecule has 3 nitrogen and oxygen atoms in total. The van der Waals surface area contributed by atoms with Gasteiger partial charge in [-0.1, -0.05) is 39.0 Å². The molecule has 2 aromatic heterocycles. The summed E-state index contributed by atoms with van der Waals surface area (Å²) in [6.45, 7) is 14.3. The minimum Gasteiger partial charge on any atom is -0.303 e. The highest BCUT2D eigenvalue weighted by Gasteiger charge is 2.18. The molecule has 144 valence electrons. The molecule has 3 aromatic rings. The first-order valence-electron chi connectivity index (χ1n) is 9.78. The summed E-state index contributed by atoms with van der Waals surface area (Å²) in [5.41, 5.74) is 5.30. The molecule has 1 aromatic carbocycles. The minimum atomic E-state index is 1.02. The summed E-state index contributed by atoms with van der Waals surface area (Å²) in [6.07, 6.45) is 2.75. The van der Waals surface area contributed by atoms with Gasteiger partial charge < -0.3 is 4.90 Å². The van der Waals surface area contributed by atoms with Gasteiger partial charge in [0.1, 0.15) is 16.2 Å². The maximum absolute atomic E-state index is 4.67. The number of rotatable bonds is 8. The van der Waals surface area contributed by atoms with Crippen LogP contribution in [-0.4, -0.2) is 40.3 Å². The topological polar surface area (TPSA) is 29.0 Å². The van der Waals surface area contributed by atoms with Crippen molar-refractivity contribution in [2.24, 2.45) is 0 Å². The first-order chi connectivity index (χ1) is 13.1. The third-order valence-electron chi connectivity index (χ3n) is 5.18. The van der Waals surface area contributed by atoms with E-state index in [1.54, 1.807) is 6.33 Å². The van der Waals surface area contributed by atoms with Crippen molar-refractivity contribution >= 4 is 33.3 Å². The summed E-state index contributed by atoms with van der Waals surface area (Å²) in [4.78, 5) is 14.2. The molecule has 0 aliphatic carbocycles. The van der Waals surface area contributed by atoms with Crippen LogP contribution < -0.4 is 0 Å². The van der Waals surface area contributed by atoms with Gasteiger partial charge in [0, 0.05) is 22.7 Å². The Morgan fingerprint density at radius 1 is 1.04 bits per heavy atom. The molecule has 0 radical (unpaired) electrons. The quantitative estimate of drug-likeness (QED) is 0.345.